The van der Waals surface area contributed by atoms with Gasteiger partial charge in [-0.15, -0.1) is 0 Å². The summed E-state index contributed by atoms with van der Waals surface area (Å²) < 4.78 is 32.1. The summed E-state index contributed by atoms with van der Waals surface area (Å²) >= 11 is 0. The Morgan fingerprint density at radius 1 is 1.21 bits per heavy atom. The van der Waals surface area contributed by atoms with Crippen LogP contribution in [0.15, 0.2) is 24.3 Å². The van der Waals surface area contributed by atoms with Crippen LogP contribution in [-0.2, 0) is 0 Å². The maximum absolute atomic E-state index is 13.7. The number of nitrogens with zero attached hydrogens (tertiary/aromatic N) is 1. The van der Waals surface area contributed by atoms with E-state index >= 15 is 0 Å². The number of halogens is 2. The number of aryl methyl sites for hydroxylation is 1. The Morgan fingerprint density at radius 3 is 2.63 bits per heavy atom. The lowest BCUT2D eigenvalue weighted by molar-refractivity contribution is 0.398. The minimum absolute atomic E-state index is 0.0319. The monoisotopic (exact) mass is 265 g/mol. The van der Waals surface area contributed by atoms with Crippen LogP contribution in [0.3, 0.4) is 0 Å². The Labute approximate surface area is 109 Å². The Morgan fingerprint density at radius 2 is 1.95 bits per heavy atom. The third kappa shape index (κ3) is 2.73. The second-order valence-electron chi connectivity index (χ2n) is 4.00. The molecule has 0 aliphatic rings. The topological polar surface area (TPSA) is 60.2 Å². The molecule has 0 atom stereocenters. The number of hydrogen-bond donors (Lipinski definition) is 2. The molecular formula is C13H13F2N3O. The number of anilines is 3. The van der Waals surface area contributed by atoms with Crippen LogP contribution in [0.5, 0.6) is 5.88 Å². The van der Waals surface area contributed by atoms with Crippen molar-refractivity contribution in [2.45, 2.75) is 6.92 Å². The summed E-state index contributed by atoms with van der Waals surface area (Å²) in [5, 5.41) is 2.65. The lowest BCUT2D eigenvalue weighted by atomic mass is 10.2. The van der Waals surface area contributed by atoms with E-state index < -0.39 is 11.6 Å². The predicted molar refractivity (Wildman–Crippen MR) is 69.6 cm³/mol. The lowest BCUT2D eigenvalue weighted by Crippen LogP contribution is -2.03. The normalized spacial score (nSPS) is 10.3. The molecule has 2 aromatic rings. The summed E-state index contributed by atoms with van der Waals surface area (Å²) in [4.78, 5) is 4.03. The average Bonchev–Trinajstić information content (AvgIpc) is 2.38. The van der Waals surface area contributed by atoms with Crippen molar-refractivity contribution >= 4 is 17.2 Å². The molecule has 0 aliphatic heterocycles. The molecule has 0 saturated heterocycles. The van der Waals surface area contributed by atoms with Crippen molar-refractivity contribution in [2.24, 2.45) is 0 Å². The highest BCUT2D eigenvalue weighted by molar-refractivity contribution is 5.69. The van der Waals surface area contributed by atoms with Crippen LogP contribution < -0.4 is 15.8 Å². The Balaban J connectivity index is 2.38. The first kappa shape index (κ1) is 13.1. The fourth-order valence-electron chi connectivity index (χ4n) is 1.54. The summed E-state index contributed by atoms with van der Waals surface area (Å²) in [5.41, 5.74) is 6.22. The van der Waals surface area contributed by atoms with Gasteiger partial charge in [-0.3, -0.25) is 0 Å². The van der Waals surface area contributed by atoms with Gasteiger partial charge in [-0.05, 0) is 24.6 Å². The number of nitrogen functional groups attached to an aromatic ring is 1. The van der Waals surface area contributed by atoms with E-state index in [4.69, 9.17) is 10.5 Å². The largest absolute Gasteiger partial charge is 0.481 e. The zero-order valence-corrected chi connectivity index (χ0v) is 10.5. The summed E-state index contributed by atoms with van der Waals surface area (Å²) in [7, 11) is 1.45. The number of rotatable bonds is 3. The van der Waals surface area contributed by atoms with Crippen molar-refractivity contribution in [3.05, 3.63) is 41.5 Å². The number of pyridine rings is 1. The van der Waals surface area contributed by atoms with Crippen molar-refractivity contribution < 1.29 is 13.5 Å². The summed E-state index contributed by atoms with van der Waals surface area (Å²) in [6.07, 6.45) is 0. The quantitative estimate of drug-likeness (QED) is 0.895. The Bertz CT molecular complexity index is 617. The van der Waals surface area contributed by atoms with E-state index in [9.17, 15) is 8.78 Å². The van der Waals surface area contributed by atoms with Crippen LogP contribution in [0.25, 0.3) is 0 Å². The zero-order chi connectivity index (χ0) is 14.0. The minimum Gasteiger partial charge on any atom is -0.481 e. The van der Waals surface area contributed by atoms with E-state index in [2.05, 4.69) is 10.3 Å². The van der Waals surface area contributed by atoms with Crippen molar-refractivity contribution in [2.75, 3.05) is 18.2 Å². The molecule has 3 N–H and O–H groups in total. The van der Waals surface area contributed by atoms with Gasteiger partial charge in [0, 0.05) is 12.1 Å². The number of benzene rings is 1. The van der Waals surface area contributed by atoms with Gasteiger partial charge in [0.05, 0.1) is 18.5 Å². The molecule has 2 rings (SSSR count). The van der Waals surface area contributed by atoms with E-state index in [1.165, 1.54) is 14.0 Å². The van der Waals surface area contributed by atoms with Crippen molar-refractivity contribution in [1.29, 1.82) is 0 Å². The zero-order valence-electron chi connectivity index (χ0n) is 10.5. The standard InChI is InChI=1S/C13H13F2N3O/c1-7-5-9(15)11(6-8(7)14)17-13-10(16)3-4-12(18-13)19-2/h3-6H,16H2,1-2H3,(H,17,18). The number of hydrogen-bond acceptors (Lipinski definition) is 4. The molecule has 0 radical (unpaired) electrons. The highest BCUT2D eigenvalue weighted by Crippen LogP contribution is 2.26. The third-order valence-electron chi connectivity index (χ3n) is 2.61. The van der Waals surface area contributed by atoms with E-state index in [0.29, 0.717) is 11.6 Å². The molecule has 0 spiro atoms. The van der Waals surface area contributed by atoms with Gasteiger partial charge < -0.3 is 15.8 Å². The Hall–Kier alpha value is -2.37. The Kier molecular flexibility index (Phi) is 3.50. The van der Waals surface area contributed by atoms with Gasteiger partial charge in [-0.25, -0.2) is 8.78 Å². The number of nitrogens with two attached hydrogens (primary N) is 1. The van der Waals surface area contributed by atoms with Gasteiger partial charge in [-0.2, -0.15) is 4.98 Å². The molecular weight excluding hydrogens is 252 g/mol. The van der Waals surface area contributed by atoms with E-state index in [1.807, 2.05) is 0 Å². The van der Waals surface area contributed by atoms with Crippen LogP contribution in [0.1, 0.15) is 5.56 Å². The molecule has 0 fully saturated rings. The van der Waals surface area contributed by atoms with E-state index in [1.54, 1.807) is 12.1 Å². The number of methoxy groups -OCH3 is 1. The van der Waals surface area contributed by atoms with Crippen LogP contribution in [0, 0.1) is 18.6 Å². The summed E-state index contributed by atoms with van der Waals surface area (Å²) in [5.74, 6) is -0.556. The molecule has 0 amide bonds. The highest BCUT2D eigenvalue weighted by Gasteiger charge is 2.10. The maximum atomic E-state index is 13.7. The minimum atomic E-state index is -0.581. The van der Waals surface area contributed by atoms with Crippen molar-refractivity contribution in [3.8, 4) is 5.88 Å². The van der Waals surface area contributed by atoms with Crippen molar-refractivity contribution in [1.82, 2.24) is 4.98 Å². The van der Waals surface area contributed by atoms with Crippen LogP contribution in [0.2, 0.25) is 0 Å². The van der Waals surface area contributed by atoms with Crippen molar-refractivity contribution in [3.63, 3.8) is 0 Å². The SMILES string of the molecule is COc1ccc(N)c(Nc2cc(F)c(C)cc2F)n1. The number of nitrogens with one attached hydrogen (secondary N) is 1. The molecule has 0 aliphatic carbocycles. The van der Waals surface area contributed by atoms with Gasteiger partial charge >= 0.3 is 0 Å². The van der Waals surface area contributed by atoms with Gasteiger partial charge in [0.1, 0.15) is 11.6 Å². The van der Waals surface area contributed by atoms with Crippen LogP contribution in [-0.4, -0.2) is 12.1 Å². The fourth-order valence-corrected chi connectivity index (χ4v) is 1.54. The van der Waals surface area contributed by atoms with Gasteiger partial charge in [0.25, 0.3) is 0 Å². The summed E-state index contributed by atoms with van der Waals surface area (Å²) in [6.45, 7) is 1.49. The first-order valence-corrected chi connectivity index (χ1v) is 5.54. The first-order chi connectivity index (χ1) is 9.01. The average molecular weight is 265 g/mol. The fraction of sp³-hybridized carbons (Fsp3) is 0.154. The lowest BCUT2D eigenvalue weighted by Gasteiger charge is -2.11. The highest BCUT2D eigenvalue weighted by atomic mass is 19.1. The molecule has 19 heavy (non-hydrogen) atoms. The molecule has 4 nitrogen and oxygen atoms in total. The molecule has 100 valence electrons. The first-order valence-electron chi connectivity index (χ1n) is 5.54. The van der Waals surface area contributed by atoms with Crippen LogP contribution in [0.4, 0.5) is 26.0 Å². The number of aromatic nitrogens is 1. The van der Waals surface area contributed by atoms with E-state index in [0.717, 1.165) is 12.1 Å². The van der Waals surface area contributed by atoms with Gasteiger partial charge in [0.2, 0.25) is 5.88 Å². The number of ether oxygens (including phenoxy) is 1. The van der Waals surface area contributed by atoms with Gasteiger partial charge in [0.15, 0.2) is 5.82 Å². The molecule has 6 heteroatoms. The molecule has 0 saturated carbocycles. The van der Waals surface area contributed by atoms with Gasteiger partial charge in [-0.1, -0.05) is 0 Å². The third-order valence-corrected chi connectivity index (χ3v) is 2.61. The van der Waals surface area contributed by atoms with E-state index in [-0.39, 0.29) is 17.1 Å². The molecule has 1 heterocycles. The molecule has 0 bridgehead atoms. The molecule has 1 aromatic heterocycles. The second-order valence-corrected chi connectivity index (χ2v) is 4.00. The molecule has 0 unspecified atom stereocenters. The van der Waals surface area contributed by atoms with Crippen LogP contribution >= 0.6 is 0 Å². The second kappa shape index (κ2) is 5.09. The maximum Gasteiger partial charge on any atom is 0.215 e. The smallest absolute Gasteiger partial charge is 0.215 e. The molecule has 1 aromatic carbocycles. The summed E-state index contributed by atoms with van der Waals surface area (Å²) in [6, 6.07) is 5.31. The predicted octanol–water partition coefficient (Wildman–Crippen LogP) is 3.00.